The van der Waals surface area contributed by atoms with Crippen molar-refractivity contribution in [2.45, 2.75) is 57.4 Å². The number of hydrogen-bond donors (Lipinski definition) is 2. The van der Waals surface area contributed by atoms with Crippen LogP contribution in [0.4, 0.5) is 16.2 Å². The third-order valence-electron chi connectivity index (χ3n) is 7.24. The lowest BCUT2D eigenvalue weighted by Crippen LogP contribution is -2.44. The van der Waals surface area contributed by atoms with Crippen molar-refractivity contribution in [2.75, 3.05) is 23.3 Å². The summed E-state index contributed by atoms with van der Waals surface area (Å²) in [6.45, 7) is 4.18. The molecule has 33 heavy (non-hydrogen) atoms. The van der Waals surface area contributed by atoms with Crippen molar-refractivity contribution in [3.63, 3.8) is 0 Å². The van der Waals surface area contributed by atoms with Crippen LogP contribution >= 0.6 is 0 Å². The predicted octanol–water partition coefficient (Wildman–Crippen LogP) is 5.87. The van der Waals surface area contributed by atoms with Crippen LogP contribution in [0.25, 0.3) is 10.9 Å². The topological polar surface area (TPSA) is 68.4 Å². The van der Waals surface area contributed by atoms with E-state index in [0.717, 1.165) is 10.9 Å². The molecule has 2 fully saturated rings. The van der Waals surface area contributed by atoms with Gasteiger partial charge in [0.25, 0.3) is 0 Å². The lowest BCUT2D eigenvalue weighted by molar-refractivity contribution is -0.117. The van der Waals surface area contributed by atoms with Crippen molar-refractivity contribution in [2.24, 2.45) is 0 Å². The van der Waals surface area contributed by atoms with E-state index < -0.39 is 6.03 Å². The van der Waals surface area contributed by atoms with E-state index in [1.165, 1.54) is 55.7 Å². The number of H-pyrrole nitrogens is 1. The number of benzene rings is 2. The molecular weight excluding hydrogens is 412 g/mol. The second-order valence-corrected chi connectivity index (χ2v) is 9.26. The number of imide groups is 1. The largest absolute Gasteiger partial charge is 0.361 e. The summed E-state index contributed by atoms with van der Waals surface area (Å²) in [5.74, 6) is 0.299. The highest BCUT2D eigenvalue weighted by Crippen LogP contribution is 2.39. The van der Waals surface area contributed by atoms with E-state index >= 15 is 0 Å². The van der Waals surface area contributed by atoms with Gasteiger partial charge in [-0.05, 0) is 80.6 Å². The molecule has 3 heterocycles. The summed E-state index contributed by atoms with van der Waals surface area (Å²) in [5.41, 5.74) is 3.70. The van der Waals surface area contributed by atoms with Gasteiger partial charge >= 0.3 is 6.03 Å². The molecule has 5 rings (SSSR count). The summed E-state index contributed by atoms with van der Waals surface area (Å²) >= 11 is 0. The first kappa shape index (κ1) is 21.7. The fourth-order valence-corrected chi connectivity index (χ4v) is 5.52. The van der Waals surface area contributed by atoms with Gasteiger partial charge < -0.3 is 15.2 Å². The van der Waals surface area contributed by atoms with Gasteiger partial charge in [0.1, 0.15) is 0 Å². The maximum absolute atomic E-state index is 13.1. The van der Waals surface area contributed by atoms with Crippen molar-refractivity contribution in [3.05, 3.63) is 60.3 Å². The molecule has 3 amide bonds. The zero-order valence-electron chi connectivity index (χ0n) is 19.2. The molecule has 2 atom stereocenters. The monoisotopic (exact) mass is 444 g/mol. The van der Waals surface area contributed by atoms with Crippen LogP contribution in [-0.2, 0) is 4.79 Å². The zero-order valence-corrected chi connectivity index (χ0v) is 19.2. The molecule has 0 bridgehead atoms. The maximum atomic E-state index is 13.1. The molecule has 2 aliphatic rings. The number of piperidine rings is 2. The first-order valence-electron chi connectivity index (χ1n) is 12.2. The first-order chi connectivity index (χ1) is 16.1. The molecule has 0 saturated carbocycles. The number of nitrogens with one attached hydrogen (secondary N) is 2. The number of carbonyl (C=O) groups excluding carboxylic acids is 2. The minimum absolute atomic E-state index is 0.235. The molecule has 2 aliphatic heterocycles. The second kappa shape index (κ2) is 9.40. The Kier molecular flexibility index (Phi) is 6.18. The number of carbonyl (C=O) groups is 2. The van der Waals surface area contributed by atoms with Crippen LogP contribution < -0.4 is 10.2 Å². The Morgan fingerprint density at radius 1 is 1.09 bits per heavy atom. The smallest absolute Gasteiger partial charge is 0.333 e. The first-order valence-corrected chi connectivity index (χ1v) is 12.2. The highest BCUT2D eigenvalue weighted by atomic mass is 16.2. The Morgan fingerprint density at radius 2 is 1.94 bits per heavy atom. The van der Waals surface area contributed by atoms with Crippen LogP contribution in [0.1, 0.15) is 56.9 Å². The average Bonchev–Trinajstić information content (AvgIpc) is 3.27. The molecule has 0 radical (unpaired) electrons. The van der Waals surface area contributed by atoms with Gasteiger partial charge in [-0.1, -0.05) is 31.5 Å². The number of rotatable bonds is 4. The van der Waals surface area contributed by atoms with Crippen molar-refractivity contribution < 1.29 is 9.59 Å². The summed E-state index contributed by atoms with van der Waals surface area (Å²) in [4.78, 5) is 33.0. The number of fused-ring (bicyclic) bond motifs is 2. The molecule has 2 unspecified atom stereocenters. The fourth-order valence-electron chi connectivity index (χ4n) is 5.52. The molecule has 6 heteroatoms. The number of hydrogen-bond acceptors (Lipinski definition) is 3. The number of anilines is 2. The zero-order chi connectivity index (χ0) is 22.8. The lowest BCUT2D eigenvalue weighted by Gasteiger charge is -2.42. The van der Waals surface area contributed by atoms with E-state index in [0.29, 0.717) is 23.3 Å². The Labute approximate surface area is 195 Å². The molecule has 6 nitrogen and oxygen atoms in total. The van der Waals surface area contributed by atoms with Gasteiger partial charge in [-0.25, -0.2) is 9.69 Å². The van der Waals surface area contributed by atoms with Gasteiger partial charge in [0.05, 0.1) is 5.69 Å². The number of amides is 3. The predicted molar refractivity (Wildman–Crippen MR) is 133 cm³/mol. The molecule has 0 spiro atoms. The van der Waals surface area contributed by atoms with E-state index in [2.05, 4.69) is 21.4 Å². The number of para-hydroxylation sites is 1. The van der Waals surface area contributed by atoms with Gasteiger partial charge in [0.15, 0.2) is 0 Å². The van der Waals surface area contributed by atoms with E-state index in [-0.39, 0.29) is 12.3 Å². The highest BCUT2D eigenvalue weighted by Gasteiger charge is 2.32. The minimum Gasteiger partial charge on any atom is -0.361 e. The average molecular weight is 445 g/mol. The highest BCUT2D eigenvalue weighted by molar-refractivity contribution is 6.18. The Bertz CT molecular complexity index is 1140. The number of aromatic nitrogens is 1. The second-order valence-electron chi connectivity index (χ2n) is 9.26. The lowest BCUT2D eigenvalue weighted by atomic mass is 9.82. The van der Waals surface area contributed by atoms with Crippen LogP contribution in [0.3, 0.4) is 0 Å². The standard InChI is InChI=1S/C27H32N4O2/c1-2-26(32)31(21-8-4-3-5-9-21)27(33)29-20-11-12-25-23(17-20)24(18-28-25)19-13-15-30-14-7-6-10-22(30)16-19/h3-5,8-9,11-12,17-19,22,28H,2,6-7,10,13-16H2,1H3,(H,29,33). The summed E-state index contributed by atoms with van der Waals surface area (Å²) in [6.07, 6.45) is 8.76. The van der Waals surface area contributed by atoms with Crippen LogP contribution in [0, 0.1) is 0 Å². The molecule has 1 aromatic heterocycles. The quantitative estimate of drug-likeness (QED) is 0.528. The fraction of sp³-hybridized carbons (Fsp3) is 0.407. The normalized spacial score (nSPS) is 20.9. The third-order valence-corrected chi connectivity index (χ3v) is 7.24. The maximum Gasteiger partial charge on any atom is 0.333 e. The summed E-state index contributed by atoms with van der Waals surface area (Å²) in [5, 5.41) is 4.12. The summed E-state index contributed by atoms with van der Waals surface area (Å²) < 4.78 is 0. The number of urea groups is 1. The van der Waals surface area contributed by atoms with Crippen molar-refractivity contribution in [1.29, 1.82) is 0 Å². The van der Waals surface area contributed by atoms with Crippen molar-refractivity contribution in [3.8, 4) is 0 Å². The molecule has 2 aromatic carbocycles. The molecule has 2 saturated heterocycles. The SMILES string of the molecule is CCC(=O)N(C(=O)Nc1ccc2[nH]cc(C3CCN4CCCCC4C3)c2c1)c1ccccc1. The molecule has 2 N–H and O–H groups in total. The van der Waals surface area contributed by atoms with E-state index in [1.807, 2.05) is 36.4 Å². The Balaban J connectivity index is 1.38. The van der Waals surface area contributed by atoms with Gasteiger partial charge in [-0.15, -0.1) is 0 Å². The van der Waals surface area contributed by atoms with Gasteiger partial charge in [-0.3, -0.25) is 4.79 Å². The van der Waals surface area contributed by atoms with E-state index in [4.69, 9.17) is 0 Å². The van der Waals surface area contributed by atoms with Gasteiger partial charge in [0.2, 0.25) is 5.91 Å². The Morgan fingerprint density at radius 3 is 2.76 bits per heavy atom. The van der Waals surface area contributed by atoms with Crippen molar-refractivity contribution >= 4 is 34.2 Å². The number of aromatic amines is 1. The molecule has 3 aromatic rings. The molecule has 172 valence electrons. The van der Waals surface area contributed by atoms with E-state index in [9.17, 15) is 9.59 Å². The van der Waals surface area contributed by atoms with E-state index in [1.54, 1.807) is 19.1 Å². The third kappa shape index (κ3) is 4.40. The van der Waals surface area contributed by atoms with Crippen LogP contribution in [0.15, 0.2) is 54.7 Å². The van der Waals surface area contributed by atoms with Crippen LogP contribution in [0.5, 0.6) is 0 Å². The van der Waals surface area contributed by atoms with Gasteiger partial charge in [-0.2, -0.15) is 0 Å². The van der Waals surface area contributed by atoms with Gasteiger partial charge in [0, 0.05) is 35.2 Å². The summed E-state index contributed by atoms with van der Waals surface area (Å²) in [7, 11) is 0. The minimum atomic E-state index is -0.431. The molecule has 0 aliphatic carbocycles. The van der Waals surface area contributed by atoms with Crippen molar-refractivity contribution in [1.82, 2.24) is 9.88 Å². The number of nitrogens with zero attached hydrogens (tertiary/aromatic N) is 2. The summed E-state index contributed by atoms with van der Waals surface area (Å²) in [6, 6.07) is 15.3. The Hall–Kier alpha value is -3.12. The molecular formula is C27H32N4O2. The van der Waals surface area contributed by atoms with Crippen LogP contribution in [0.2, 0.25) is 0 Å². The van der Waals surface area contributed by atoms with Crippen LogP contribution in [-0.4, -0.2) is 41.0 Å².